The molecule has 0 N–H and O–H groups in total. The fourth-order valence-corrected chi connectivity index (χ4v) is 8.79. The topological polar surface area (TPSA) is 89.8 Å². The zero-order valence-electron chi connectivity index (χ0n) is 33.7. The summed E-state index contributed by atoms with van der Waals surface area (Å²) in [6.07, 6.45) is 0. The number of nitrogens with zero attached hydrogens (tertiary/aromatic N) is 7. The zero-order valence-corrected chi connectivity index (χ0v) is 33.7. The summed E-state index contributed by atoms with van der Waals surface area (Å²) in [4.78, 5) is 33.7. The molecule has 0 saturated carbocycles. The Balaban J connectivity index is 1.23. The zero-order chi connectivity index (χ0) is 41.7. The molecule has 12 rings (SSSR count). The molecule has 8 aromatic carbocycles. The van der Waals surface area contributed by atoms with Crippen molar-refractivity contribution in [3.8, 4) is 79.8 Å². The molecule has 0 radical (unpaired) electrons. The van der Waals surface area contributed by atoms with Crippen LogP contribution in [0.25, 0.3) is 68.3 Å². The second-order valence-corrected chi connectivity index (χ2v) is 15.4. The van der Waals surface area contributed by atoms with Crippen molar-refractivity contribution in [3.63, 3.8) is 0 Å². The number of fused-ring (bicyclic) bond motifs is 4. The van der Waals surface area contributed by atoms with Gasteiger partial charge >= 0.3 is 0 Å². The Bertz CT molecular complexity index is 3210. The molecule has 10 aromatic rings. The molecule has 0 saturated heterocycles. The van der Waals surface area contributed by atoms with Crippen molar-refractivity contribution in [1.29, 1.82) is 0 Å². The maximum atomic E-state index is 7.20. The normalized spacial score (nSPS) is 12.2. The van der Waals surface area contributed by atoms with E-state index in [1.165, 1.54) is 0 Å². The van der Waals surface area contributed by atoms with Gasteiger partial charge in [-0.1, -0.05) is 176 Å². The molecule has 2 aromatic heterocycles. The highest BCUT2D eigenvalue weighted by atomic mass is 16.5. The van der Waals surface area contributed by atoms with Crippen molar-refractivity contribution >= 4 is 40.2 Å². The molecular formula is C54H34BN7O. The number of ether oxygens (including phenoxy) is 1. The van der Waals surface area contributed by atoms with E-state index in [9.17, 15) is 0 Å². The number of rotatable bonds is 7. The molecule has 2 aliphatic heterocycles. The third-order valence-electron chi connectivity index (χ3n) is 11.6. The Morgan fingerprint density at radius 2 is 0.762 bits per heavy atom. The molecule has 2 aliphatic rings. The average Bonchev–Trinajstić information content (AvgIpc) is 3.37. The molecule has 0 fully saturated rings. The second kappa shape index (κ2) is 15.2. The van der Waals surface area contributed by atoms with Gasteiger partial charge in [-0.3, -0.25) is 0 Å². The number of para-hydroxylation sites is 3. The first-order valence-electron chi connectivity index (χ1n) is 20.9. The molecule has 0 amide bonds. The highest BCUT2D eigenvalue weighted by molar-refractivity contribution is 6.99. The van der Waals surface area contributed by atoms with Crippen molar-refractivity contribution in [2.45, 2.75) is 0 Å². The lowest BCUT2D eigenvalue weighted by atomic mass is 9.34. The lowest BCUT2D eigenvalue weighted by molar-refractivity contribution is 0.489. The van der Waals surface area contributed by atoms with Crippen LogP contribution in [0.2, 0.25) is 0 Å². The third kappa shape index (κ3) is 6.33. The molecular weight excluding hydrogens is 773 g/mol. The smallest absolute Gasteiger partial charge is 0.256 e. The summed E-state index contributed by atoms with van der Waals surface area (Å²) in [5, 5.41) is 0. The number of anilines is 3. The van der Waals surface area contributed by atoms with E-state index >= 15 is 0 Å². The average molecular weight is 808 g/mol. The summed E-state index contributed by atoms with van der Waals surface area (Å²) in [5.41, 5.74) is 11.1. The minimum atomic E-state index is -0.220. The molecule has 4 heterocycles. The van der Waals surface area contributed by atoms with Crippen molar-refractivity contribution in [2.24, 2.45) is 0 Å². The van der Waals surface area contributed by atoms with Gasteiger partial charge in [-0.25, -0.2) is 29.9 Å². The maximum absolute atomic E-state index is 7.20. The molecule has 0 unspecified atom stereocenters. The summed E-state index contributed by atoms with van der Waals surface area (Å²) >= 11 is 0. The van der Waals surface area contributed by atoms with Crippen LogP contribution in [0.4, 0.5) is 17.1 Å². The number of hydrogen-bond acceptors (Lipinski definition) is 8. The first-order chi connectivity index (χ1) is 31.2. The Kier molecular flexibility index (Phi) is 8.74. The van der Waals surface area contributed by atoms with Gasteiger partial charge in [-0.2, -0.15) is 0 Å². The van der Waals surface area contributed by atoms with Crippen molar-refractivity contribution < 1.29 is 4.74 Å². The molecule has 294 valence electrons. The number of hydrogen-bond donors (Lipinski definition) is 0. The molecule has 0 bridgehead atoms. The van der Waals surface area contributed by atoms with Gasteiger partial charge in [0.15, 0.2) is 34.9 Å². The molecule has 8 nitrogen and oxygen atoms in total. The monoisotopic (exact) mass is 807 g/mol. The summed E-state index contributed by atoms with van der Waals surface area (Å²) < 4.78 is 7.20. The van der Waals surface area contributed by atoms with Crippen LogP contribution in [0.3, 0.4) is 0 Å². The largest absolute Gasteiger partial charge is 0.458 e. The standard InChI is InChI=1S/C54H34BN7O/c1-6-20-35(21-7-1)49-56-50(36-22-8-2-9-23-36)59-53(58-49)40-34-41(54-60-51(37-24-10-3-11-25-37)57-52(61-54)38-26-12-4-13-27-38)48-46-47(40)62(39-28-14-5-15-29-39)44-32-18-16-30-42(44)55(46)43-31-17-19-33-45(43)63-48/h1-34H. The van der Waals surface area contributed by atoms with Crippen LogP contribution in [-0.2, 0) is 0 Å². The second-order valence-electron chi connectivity index (χ2n) is 15.4. The van der Waals surface area contributed by atoms with Gasteiger partial charge in [0.25, 0.3) is 6.71 Å². The van der Waals surface area contributed by atoms with Gasteiger partial charge in [-0.15, -0.1) is 0 Å². The van der Waals surface area contributed by atoms with Crippen LogP contribution in [0.1, 0.15) is 0 Å². The van der Waals surface area contributed by atoms with Crippen molar-refractivity contribution in [1.82, 2.24) is 29.9 Å². The summed E-state index contributed by atoms with van der Waals surface area (Å²) in [7, 11) is 0. The van der Waals surface area contributed by atoms with Gasteiger partial charge in [-0.05, 0) is 46.7 Å². The van der Waals surface area contributed by atoms with Gasteiger partial charge in [0.2, 0.25) is 0 Å². The lowest BCUT2D eigenvalue weighted by Gasteiger charge is -2.41. The lowest BCUT2D eigenvalue weighted by Crippen LogP contribution is -2.59. The molecule has 63 heavy (non-hydrogen) atoms. The fourth-order valence-electron chi connectivity index (χ4n) is 8.79. The SMILES string of the molecule is c1ccc(-c2nc(-c3ccccc3)nc(-c3cc(-c4nc(-c5ccccc5)nc(-c5ccccc5)n4)c4c5c3Oc3ccccc3B5c3ccccc3N4c3ccccc3)n2)cc1. The van der Waals surface area contributed by atoms with Crippen LogP contribution in [0.5, 0.6) is 11.5 Å². The van der Waals surface area contributed by atoms with Gasteiger partial charge in [0.1, 0.15) is 11.5 Å². The van der Waals surface area contributed by atoms with E-state index < -0.39 is 0 Å². The van der Waals surface area contributed by atoms with Crippen molar-refractivity contribution in [2.75, 3.05) is 4.90 Å². The minimum absolute atomic E-state index is 0.220. The quantitative estimate of drug-likeness (QED) is 0.147. The predicted octanol–water partition coefficient (Wildman–Crippen LogP) is 10.5. The Morgan fingerprint density at radius 3 is 1.27 bits per heavy atom. The van der Waals surface area contributed by atoms with Gasteiger partial charge < -0.3 is 9.64 Å². The Labute approximate surface area is 364 Å². The van der Waals surface area contributed by atoms with E-state index in [1.807, 2.05) is 140 Å². The van der Waals surface area contributed by atoms with E-state index in [0.717, 1.165) is 67.0 Å². The third-order valence-corrected chi connectivity index (χ3v) is 11.6. The summed E-state index contributed by atoms with van der Waals surface area (Å²) in [6.45, 7) is -0.220. The number of aromatic nitrogens is 6. The summed E-state index contributed by atoms with van der Waals surface area (Å²) in [5.74, 6) is 4.62. The Hall–Kier alpha value is -8.56. The van der Waals surface area contributed by atoms with Crippen LogP contribution in [0.15, 0.2) is 206 Å². The fraction of sp³-hybridized carbons (Fsp3) is 0. The summed E-state index contributed by atoms with van der Waals surface area (Å²) in [6, 6.07) is 69.7. The van der Waals surface area contributed by atoms with E-state index in [0.29, 0.717) is 46.3 Å². The minimum Gasteiger partial charge on any atom is -0.458 e. The molecule has 0 atom stereocenters. The van der Waals surface area contributed by atoms with Crippen LogP contribution in [0, 0.1) is 0 Å². The highest BCUT2D eigenvalue weighted by Gasteiger charge is 2.45. The first-order valence-corrected chi connectivity index (χ1v) is 20.9. The number of benzene rings is 8. The maximum Gasteiger partial charge on any atom is 0.256 e. The van der Waals surface area contributed by atoms with Crippen LogP contribution in [-0.4, -0.2) is 36.6 Å². The van der Waals surface area contributed by atoms with Crippen LogP contribution < -0.4 is 26.0 Å². The van der Waals surface area contributed by atoms with E-state index in [-0.39, 0.29) is 6.71 Å². The van der Waals surface area contributed by atoms with Gasteiger partial charge in [0.05, 0.1) is 11.3 Å². The Morgan fingerprint density at radius 1 is 0.365 bits per heavy atom. The van der Waals surface area contributed by atoms with Crippen LogP contribution >= 0.6 is 0 Å². The van der Waals surface area contributed by atoms with E-state index in [1.54, 1.807) is 0 Å². The van der Waals surface area contributed by atoms with Crippen molar-refractivity contribution in [3.05, 3.63) is 206 Å². The molecule has 9 heteroatoms. The van der Waals surface area contributed by atoms with Gasteiger partial charge in [0, 0.05) is 39.2 Å². The first kappa shape index (κ1) is 36.3. The highest BCUT2D eigenvalue weighted by Crippen LogP contribution is 2.48. The molecule has 0 spiro atoms. The van der Waals surface area contributed by atoms with E-state index in [4.69, 9.17) is 34.6 Å². The molecule has 0 aliphatic carbocycles. The predicted molar refractivity (Wildman–Crippen MR) is 252 cm³/mol. The van der Waals surface area contributed by atoms with E-state index in [2.05, 4.69) is 71.6 Å².